The summed E-state index contributed by atoms with van der Waals surface area (Å²) in [5.74, 6) is -4.65. The molecule has 1 atom stereocenters. The quantitative estimate of drug-likeness (QED) is 0.126. The smallest absolute Gasteiger partial charge is 0.427 e. The second-order valence-corrected chi connectivity index (χ2v) is 10.7. The summed E-state index contributed by atoms with van der Waals surface area (Å²) in [4.78, 5) is 3.96. The normalized spacial score (nSPS) is 20.5. The van der Waals surface area contributed by atoms with E-state index in [4.69, 9.17) is 0 Å². The van der Waals surface area contributed by atoms with Crippen molar-refractivity contribution in [2.45, 2.75) is 55.0 Å². The Bertz CT molecular complexity index is 1090. The lowest BCUT2D eigenvalue weighted by Crippen LogP contribution is -2.21. The van der Waals surface area contributed by atoms with Crippen LogP contribution in [0.25, 0.3) is 10.2 Å². The molecule has 1 saturated carbocycles. The van der Waals surface area contributed by atoms with Gasteiger partial charge in [0.25, 0.3) is 0 Å². The van der Waals surface area contributed by atoms with Gasteiger partial charge in [0, 0.05) is 16.1 Å². The van der Waals surface area contributed by atoms with Crippen LogP contribution < -0.4 is 4.74 Å². The molecule has 0 spiro atoms. The molecule has 9 heteroatoms. The highest BCUT2D eigenvalue weighted by molar-refractivity contribution is 14.1. The number of fused-ring (bicyclic) bond motifs is 1. The first-order valence-electron chi connectivity index (χ1n) is 10.4. The maximum atomic E-state index is 14.6. The van der Waals surface area contributed by atoms with Crippen molar-refractivity contribution in [2.75, 3.05) is 0 Å². The van der Waals surface area contributed by atoms with Crippen LogP contribution in [0.3, 0.4) is 0 Å². The van der Waals surface area contributed by atoms with E-state index in [-0.39, 0.29) is 0 Å². The zero-order valence-corrected chi connectivity index (χ0v) is 20.2. The summed E-state index contributed by atoms with van der Waals surface area (Å²) in [5, 5.41) is -0.630. The second-order valence-electron chi connectivity index (χ2n) is 8.10. The Balaban J connectivity index is 1.52. The third-order valence-corrected chi connectivity index (χ3v) is 8.98. The molecule has 4 rings (SSSR count). The molecule has 0 aliphatic heterocycles. The molecule has 0 saturated heterocycles. The second kappa shape index (κ2) is 9.40. The average Bonchev–Trinajstić information content (AvgIpc) is 3.21. The first-order valence-corrected chi connectivity index (χ1v) is 12.5. The van der Waals surface area contributed by atoms with Crippen molar-refractivity contribution < 1.29 is 26.7 Å². The van der Waals surface area contributed by atoms with Gasteiger partial charge in [0.15, 0.2) is 17.5 Å². The summed E-state index contributed by atoms with van der Waals surface area (Å²) < 4.78 is 74.8. The van der Waals surface area contributed by atoms with Gasteiger partial charge >= 0.3 is 6.11 Å². The first-order chi connectivity index (χ1) is 15.2. The minimum absolute atomic E-state index is 0.382. The highest BCUT2D eigenvalue weighted by Crippen LogP contribution is 2.42. The molecular formula is C23H21F5INOS. The number of benzene rings is 2. The Morgan fingerprint density at radius 1 is 1.09 bits per heavy atom. The van der Waals surface area contributed by atoms with Crippen LogP contribution in [0.1, 0.15) is 55.5 Å². The van der Waals surface area contributed by atoms with Gasteiger partial charge in [-0.05, 0) is 61.6 Å². The lowest BCUT2D eigenvalue weighted by atomic mass is 9.77. The van der Waals surface area contributed by atoms with E-state index in [1.807, 2.05) is 12.1 Å². The number of halogens is 6. The molecule has 1 aliphatic rings. The van der Waals surface area contributed by atoms with Crippen molar-refractivity contribution in [3.05, 3.63) is 58.4 Å². The van der Waals surface area contributed by atoms with Crippen LogP contribution in [0, 0.1) is 23.4 Å². The van der Waals surface area contributed by atoms with E-state index < -0.39 is 34.3 Å². The Morgan fingerprint density at radius 2 is 1.75 bits per heavy atom. The Labute approximate surface area is 200 Å². The van der Waals surface area contributed by atoms with Crippen molar-refractivity contribution in [1.82, 2.24) is 4.98 Å². The highest BCUT2D eigenvalue weighted by Gasteiger charge is 2.39. The van der Waals surface area contributed by atoms with Gasteiger partial charge in [0.1, 0.15) is 5.75 Å². The van der Waals surface area contributed by atoms with E-state index >= 15 is 0 Å². The Hall–Kier alpha value is -1.49. The molecule has 0 bridgehead atoms. The fourth-order valence-electron chi connectivity index (χ4n) is 4.25. The van der Waals surface area contributed by atoms with Gasteiger partial charge < -0.3 is 4.74 Å². The molecule has 1 unspecified atom stereocenters. The molecule has 2 aromatic carbocycles. The van der Waals surface area contributed by atoms with Crippen LogP contribution in [0.2, 0.25) is 0 Å². The van der Waals surface area contributed by atoms with Crippen molar-refractivity contribution in [1.29, 1.82) is 0 Å². The molecule has 1 aromatic heterocycles. The van der Waals surface area contributed by atoms with Crippen molar-refractivity contribution in [2.24, 2.45) is 5.92 Å². The lowest BCUT2D eigenvalue weighted by Gasteiger charge is -2.31. The standard InChI is InChI=1S/C23H21F5INOS/c1-2-18(29)13-5-3-12(4-6-13)14-7-8-19-20(9-14)32-22(30-19)23(27,28)31-15-10-16(24)21(26)17(25)11-15/h7-13,18H,2-6H2,1H3. The van der Waals surface area contributed by atoms with Gasteiger partial charge in [0.2, 0.25) is 5.01 Å². The van der Waals surface area contributed by atoms with E-state index in [0.29, 0.717) is 32.2 Å². The molecule has 172 valence electrons. The van der Waals surface area contributed by atoms with Crippen LogP contribution >= 0.6 is 33.9 Å². The Morgan fingerprint density at radius 3 is 2.38 bits per heavy atom. The highest BCUT2D eigenvalue weighted by atomic mass is 127. The summed E-state index contributed by atoms with van der Waals surface area (Å²) >= 11 is 3.30. The number of rotatable bonds is 6. The third-order valence-electron chi connectivity index (χ3n) is 6.01. The summed E-state index contributed by atoms with van der Waals surface area (Å²) in [6, 6.07) is 6.31. The predicted molar refractivity (Wildman–Crippen MR) is 123 cm³/mol. The van der Waals surface area contributed by atoms with Gasteiger partial charge in [-0.15, -0.1) is 11.3 Å². The SMILES string of the molecule is CCC(I)C1CCC(c2ccc3nc(C(F)(F)Oc4cc(F)c(F)c(F)c4)sc3c2)CC1. The van der Waals surface area contributed by atoms with Crippen molar-refractivity contribution in [3.63, 3.8) is 0 Å². The van der Waals surface area contributed by atoms with Crippen LogP contribution in [0.15, 0.2) is 30.3 Å². The molecular weight excluding hydrogens is 560 g/mol. The lowest BCUT2D eigenvalue weighted by molar-refractivity contribution is -0.185. The number of alkyl halides is 3. The van der Waals surface area contributed by atoms with E-state index in [0.717, 1.165) is 48.5 Å². The van der Waals surface area contributed by atoms with Gasteiger partial charge in [-0.2, -0.15) is 8.78 Å². The molecule has 1 aliphatic carbocycles. The predicted octanol–water partition coefficient (Wildman–Crippen LogP) is 8.33. The fraction of sp³-hybridized carbons (Fsp3) is 0.435. The average molecular weight is 581 g/mol. The molecule has 0 N–H and O–H groups in total. The number of ether oxygens (including phenoxy) is 1. The minimum atomic E-state index is -3.92. The molecule has 1 heterocycles. The van der Waals surface area contributed by atoms with Gasteiger partial charge in [-0.25, -0.2) is 18.2 Å². The summed E-state index contributed by atoms with van der Waals surface area (Å²) in [7, 11) is 0. The fourth-order valence-corrected chi connectivity index (χ4v) is 5.90. The summed E-state index contributed by atoms with van der Waals surface area (Å²) in [6.07, 6.45) is 1.71. The molecule has 0 amide bonds. The third kappa shape index (κ3) is 4.88. The zero-order valence-electron chi connectivity index (χ0n) is 17.2. The van der Waals surface area contributed by atoms with E-state index in [2.05, 4.69) is 39.2 Å². The number of aromatic nitrogens is 1. The maximum absolute atomic E-state index is 14.6. The first kappa shape index (κ1) is 23.7. The van der Waals surface area contributed by atoms with Gasteiger partial charge in [-0.1, -0.05) is 35.6 Å². The number of hydrogen-bond acceptors (Lipinski definition) is 3. The van der Waals surface area contributed by atoms with Gasteiger partial charge in [-0.3, -0.25) is 0 Å². The number of thiazole rings is 1. The molecule has 0 radical (unpaired) electrons. The minimum Gasteiger partial charge on any atom is -0.427 e. The number of nitrogens with zero attached hydrogens (tertiary/aromatic N) is 1. The van der Waals surface area contributed by atoms with Crippen LogP contribution in [0.5, 0.6) is 5.75 Å². The van der Waals surface area contributed by atoms with Gasteiger partial charge in [0.05, 0.1) is 10.2 Å². The van der Waals surface area contributed by atoms with Crippen molar-refractivity contribution >= 4 is 44.1 Å². The van der Waals surface area contributed by atoms with E-state index in [1.54, 1.807) is 6.07 Å². The molecule has 1 fully saturated rings. The summed E-state index contributed by atoms with van der Waals surface area (Å²) in [6.45, 7) is 2.21. The molecule has 3 aromatic rings. The van der Waals surface area contributed by atoms with E-state index in [9.17, 15) is 22.0 Å². The zero-order chi connectivity index (χ0) is 23.0. The Kier molecular flexibility index (Phi) is 6.95. The number of hydrogen-bond donors (Lipinski definition) is 0. The van der Waals surface area contributed by atoms with E-state index in [1.165, 1.54) is 6.42 Å². The van der Waals surface area contributed by atoms with Crippen molar-refractivity contribution in [3.8, 4) is 5.75 Å². The van der Waals surface area contributed by atoms with Crippen LogP contribution in [-0.2, 0) is 6.11 Å². The van der Waals surface area contributed by atoms with Crippen LogP contribution in [-0.4, -0.2) is 8.91 Å². The topological polar surface area (TPSA) is 22.1 Å². The molecule has 2 nitrogen and oxygen atoms in total. The summed E-state index contributed by atoms with van der Waals surface area (Å²) in [5.41, 5.74) is 1.51. The molecule has 32 heavy (non-hydrogen) atoms. The monoisotopic (exact) mass is 581 g/mol. The largest absolute Gasteiger partial charge is 0.454 e. The van der Waals surface area contributed by atoms with Crippen LogP contribution in [0.4, 0.5) is 22.0 Å². The maximum Gasteiger partial charge on any atom is 0.454 e.